The van der Waals surface area contributed by atoms with Crippen LogP contribution < -0.4 is 11.2 Å². The topological polar surface area (TPSA) is 64.3 Å². The molecule has 4 aromatic rings. The summed E-state index contributed by atoms with van der Waals surface area (Å²) in [4.78, 5) is 41.6. The summed E-state index contributed by atoms with van der Waals surface area (Å²) in [6, 6.07) is 17.1. The van der Waals surface area contributed by atoms with E-state index >= 15 is 0 Å². The number of aromatic nitrogens is 2. The Morgan fingerprint density at radius 1 is 1.03 bits per heavy atom. The van der Waals surface area contributed by atoms with Gasteiger partial charge in [0.2, 0.25) is 5.91 Å². The minimum atomic E-state index is -0.503. The van der Waals surface area contributed by atoms with Gasteiger partial charge in [0.25, 0.3) is 5.56 Å². The molecule has 0 radical (unpaired) electrons. The first-order valence-electron chi connectivity index (χ1n) is 10.5. The first kappa shape index (κ1) is 21.8. The summed E-state index contributed by atoms with van der Waals surface area (Å²) in [6.45, 7) is 6.62. The molecule has 0 aliphatic rings. The molecular formula is C25H25N3O3S. The summed E-state index contributed by atoms with van der Waals surface area (Å²) in [7, 11) is 0. The molecule has 2 aromatic heterocycles. The second-order valence-corrected chi connectivity index (χ2v) is 8.74. The van der Waals surface area contributed by atoms with Gasteiger partial charge in [0.1, 0.15) is 11.2 Å². The van der Waals surface area contributed by atoms with E-state index in [2.05, 4.69) is 0 Å². The van der Waals surface area contributed by atoms with E-state index in [0.717, 1.165) is 16.7 Å². The smallest absolute Gasteiger partial charge is 0.336 e. The van der Waals surface area contributed by atoms with Gasteiger partial charge in [0, 0.05) is 13.1 Å². The normalized spacial score (nSPS) is 11.1. The van der Waals surface area contributed by atoms with Crippen molar-refractivity contribution in [3.8, 4) is 5.69 Å². The van der Waals surface area contributed by atoms with Crippen molar-refractivity contribution in [3.63, 3.8) is 0 Å². The summed E-state index contributed by atoms with van der Waals surface area (Å²) in [5, 5.41) is 1.78. The van der Waals surface area contributed by atoms with Crippen LogP contribution in [0.15, 0.2) is 69.6 Å². The molecule has 0 saturated heterocycles. The molecular weight excluding hydrogens is 422 g/mol. The Morgan fingerprint density at radius 2 is 1.78 bits per heavy atom. The van der Waals surface area contributed by atoms with Gasteiger partial charge >= 0.3 is 5.69 Å². The Balaban J connectivity index is 1.79. The van der Waals surface area contributed by atoms with Crippen LogP contribution >= 0.6 is 11.3 Å². The highest BCUT2D eigenvalue weighted by Crippen LogP contribution is 2.19. The molecule has 0 saturated carbocycles. The number of hydrogen-bond donors (Lipinski definition) is 0. The van der Waals surface area contributed by atoms with Crippen molar-refractivity contribution < 1.29 is 4.79 Å². The van der Waals surface area contributed by atoms with E-state index in [9.17, 15) is 14.4 Å². The number of hydrogen-bond acceptors (Lipinski definition) is 4. The van der Waals surface area contributed by atoms with Crippen molar-refractivity contribution in [2.75, 3.05) is 6.54 Å². The highest BCUT2D eigenvalue weighted by Gasteiger charge is 2.20. The van der Waals surface area contributed by atoms with Crippen LogP contribution in [0.4, 0.5) is 0 Å². The molecule has 6 nitrogen and oxygen atoms in total. The average molecular weight is 448 g/mol. The van der Waals surface area contributed by atoms with Crippen LogP contribution in [0.1, 0.15) is 23.6 Å². The standard InChI is InChI=1S/C25H25N3O3S/c1-4-26(15-19-8-6-5-7-9-19)22(29)16-27-21-12-13-32-23(21)24(30)28(25(27)31)20-11-10-17(2)14-18(20)3/h5-14H,4,15-16H2,1-3H3. The number of nitrogens with zero attached hydrogens (tertiary/aromatic N) is 3. The zero-order valence-electron chi connectivity index (χ0n) is 18.4. The van der Waals surface area contributed by atoms with Gasteiger partial charge in [-0.15, -0.1) is 11.3 Å². The third-order valence-corrected chi connectivity index (χ3v) is 6.48. The Bertz CT molecular complexity index is 1400. The minimum absolute atomic E-state index is 0.127. The fraction of sp³-hybridized carbons (Fsp3) is 0.240. The Kier molecular flexibility index (Phi) is 6.10. The van der Waals surface area contributed by atoms with Crippen LogP contribution in [0, 0.1) is 13.8 Å². The van der Waals surface area contributed by atoms with Crippen LogP contribution in [0.5, 0.6) is 0 Å². The van der Waals surface area contributed by atoms with Crippen LogP contribution in [-0.4, -0.2) is 26.5 Å². The van der Waals surface area contributed by atoms with Crippen LogP contribution in [0.3, 0.4) is 0 Å². The van der Waals surface area contributed by atoms with Gasteiger partial charge < -0.3 is 4.90 Å². The van der Waals surface area contributed by atoms with Crippen molar-refractivity contribution in [2.45, 2.75) is 33.9 Å². The van der Waals surface area contributed by atoms with Crippen molar-refractivity contribution in [2.24, 2.45) is 0 Å². The summed E-state index contributed by atoms with van der Waals surface area (Å²) in [5.41, 5.74) is 3.08. The maximum absolute atomic E-state index is 13.5. The Morgan fingerprint density at radius 3 is 2.47 bits per heavy atom. The summed E-state index contributed by atoms with van der Waals surface area (Å²) >= 11 is 1.28. The number of likely N-dealkylation sites (N-methyl/N-ethyl adjacent to an activating group) is 1. The molecule has 2 aromatic carbocycles. The number of benzene rings is 2. The van der Waals surface area contributed by atoms with Crippen molar-refractivity contribution in [3.05, 3.63) is 97.5 Å². The SMILES string of the molecule is CCN(Cc1ccccc1)C(=O)Cn1c(=O)n(-c2ccc(C)cc2C)c(=O)c2sccc21. The van der Waals surface area contributed by atoms with Crippen molar-refractivity contribution in [1.29, 1.82) is 0 Å². The molecule has 7 heteroatoms. The fourth-order valence-electron chi connectivity index (χ4n) is 3.92. The number of fused-ring (bicyclic) bond motifs is 1. The molecule has 1 amide bonds. The molecule has 0 aliphatic heterocycles. The second-order valence-electron chi connectivity index (χ2n) is 7.83. The van der Waals surface area contributed by atoms with Gasteiger partial charge in [0.15, 0.2) is 0 Å². The lowest BCUT2D eigenvalue weighted by Gasteiger charge is -2.22. The number of rotatable bonds is 6. The van der Waals surface area contributed by atoms with Gasteiger partial charge in [-0.2, -0.15) is 0 Å². The van der Waals surface area contributed by atoms with E-state index in [1.165, 1.54) is 20.5 Å². The summed E-state index contributed by atoms with van der Waals surface area (Å²) in [5.74, 6) is -0.170. The Hall–Kier alpha value is -3.45. The Labute approximate surface area is 190 Å². The highest BCUT2D eigenvalue weighted by molar-refractivity contribution is 7.17. The monoisotopic (exact) mass is 447 g/mol. The van der Waals surface area contributed by atoms with E-state index in [1.807, 2.05) is 63.2 Å². The molecule has 32 heavy (non-hydrogen) atoms. The molecule has 0 N–H and O–H groups in total. The molecule has 164 valence electrons. The highest BCUT2D eigenvalue weighted by atomic mass is 32.1. The van der Waals surface area contributed by atoms with E-state index < -0.39 is 5.69 Å². The number of thiophene rings is 1. The predicted molar refractivity (Wildman–Crippen MR) is 129 cm³/mol. The largest absolute Gasteiger partial charge is 0.337 e. The lowest BCUT2D eigenvalue weighted by Crippen LogP contribution is -2.42. The third kappa shape index (κ3) is 4.03. The van der Waals surface area contributed by atoms with E-state index in [0.29, 0.717) is 29.0 Å². The molecule has 0 atom stereocenters. The molecule has 0 bridgehead atoms. The van der Waals surface area contributed by atoms with Gasteiger partial charge in [-0.25, -0.2) is 9.36 Å². The summed E-state index contributed by atoms with van der Waals surface area (Å²) in [6.07, 6.45) is 0. The molecule has 0 unspecified atom stereocenters. The van der Waals surface area contributed by atoms with Gasteiger partial charge in [-0.3, -0.25) is 14.2 Å². The van der Waals surface area contributed by atoms with Crippen molar-refractivity contribution >= 4 is 27.5 Å². The zero-order chi connectivity index (χ0) is 22.8. The van der Waals surface area contributed by atoms with E-state index in [4.69, 9.17) is 0 Å². The van der Waals surface area contributed by atoms with Crippen LogP contribution in [0.2, 0.25) is 0 Å². The summed E-state index contributed by atoms with van der Waals surface area (Å²) < 4.78 is 3.07. The number of carbonyl (C=O) groups is 1. The van der Waals surface area contributed by atoms with E-state index in [1.54, 1.807) is 22.4 Å². The number of carbonyl (C=O) groups excluding carboxylic acids is 1. The first-order valence-corrected chi connectivity index (χ1v) is 11.4. The third-order valence-electron chi connectivity index (χ3n) is 5.59. The quantitative estimate of drug-likeness (QED) is 0.451. The molecule has 4 rings (SSSR count). The second kappa shape index (κ2) is 8.96. The van der Waals surface area contributed by atoms with Gasteiger partial charge in [0.05, 0.1) is 11.2 Å². The van der Waals surface area contributed by atoms with E-state index in [-0.39, 0.29) is 18.0 Å². The number of amides is 1. The minimum Gasteiger partial charge on any atom is -0.337 e. The molecule has 0 fully saturated rings. The predicted octanol–water partition coefficient (Wildman–Crippen LogP) is 3.88. The lowest BCUT2D eigenvalue weighted by atomic mass is 10.1. The molecule has 0 aliphatic carbocycles. The first-order chi connectivity index (χ1) is 15.4. The maximum atomic E-state index is 13.5. The maximum Gasteiger partial charge on any atom is 0.336 e. The fourth-order valence-corrected chi connectivity index (χ4v) is 4.75. The van der Waals surface area contributed by atoms with Crippen LogP contribution in [-0.2, 0) is 17.9 Å². The lowest BCUT2D eigenvalue weighted by molar-refractivity contribution is -0.132. The van der Waals surface area contributed by atoms with Crippen LogP contribution in [0.25, 0.3) is 15.9 Å². The molecule has 0 spiro atoms. The number of aryl methyl sites for hydroxylation is 2. The van der Waals surface area contributed by atoms with Gasteiger partial charge in [-0.1, -0.05) is 48.0 Å². The van der Waals surface area contributed by atoms with Gasteiger partial charge in [-0.05, 0) is 49.4 Å². The molecule has 2 heterocycles. The average Bonchev–Trinajstić information content (AvgIpc) is 3.27. The van der Waals surface area contributed by atoms with Crippen molar-refractivity contribution in [1.82, 2.24) is 14.0 Å². The zero-order valence-corrected chi connectivity index (χ0v) is 19.2.